The second-order valence-electron chi connectivity index (χ2n) is 6.77. The van der Waals surface area contributed by atoms with Crippen LogP contribution >= 0.6 is 11.8 Å². The molecule has 0 aliphatic carbocycles. The van der Waals surface area contributed by atoms with Crippen LogP contribution in [0, 0.1) is 11.3 Å². The van der Waals surface area contributed by atoms with Crippen LogP contribution in [-0.4, -0.2) is 73.5 Å². The molecule has 0 bridgehead atoms. The second kappa shape index (κ2) is 8.41. The molecule has 2 aliphatic heterocycles. The van der Waals surface area contributed by atoms with Crippen molar-refractivity contribution in [1.29, 1.82) is 0 Å². The summed E-state index contributed by atoms with van der Waals surface area (Å²) in [5, 5.41) is 14.0. The second-order valence-corrected chi connectivity index (χ2v) is 8.12. The van der Waals surface area contributed by atoms with E-state index in [1.54, 1.807) is 0 Å². The van der Waals surface area contributed by atoms with E-state index in [0.29, 0.717) is 11.2 Å². The minimum absolute atomic E-state index is 0.0593. The molecule has 0 aromatic rings. The van der Waals surface area contributed by atoms with Crippen LogP contribution in [0.25, 0.3) is 0 Å². The van der Waals surface area contributed by atoms with E-state index in [0.717, 1.165) is 57.4 Å². The number of nitrogens with zero attached hydrogens (tertiary/aromatic N) is 2. The van der Waals surface area contributed by atoms with Crippen LogP contribution in [0.2, 0.25) is 0 Å². The summed E-state index contributed by atoms with van der Waals surface area (Å²) in [6.07, 6.45) is 1.83. The minimum Gasteiger partial charge on any atom is -0.396 e. The molecule has 6 heteroatoms. The zero-order valence-corrected chi connectivity index (χ0v) is 15.0. The quantitative estimate of drug-likeness (QED) is 0.603. The number of aliphatic hydroxyl groups excluding tert-OH is 1. The first-order chi connectivity index (χ1) is 10.6. The average Bonchev–Trinajstić information content (AvgIpc) is 2.56. The topological polar surface area (TPSA) is 57.1 Å². The van der Waals surface area contributed by atoms with Crippen molar-refractivity contribution >= 4 is 17.7 Å². The van der Waals surface area contributed by atoms with Crippen molar-refractivity contribution in [2.24, 2.45) is 16.3 Å². The molecule has 2 saturated heterocycles. The zero-order valence-electron chi connectivity index (χ0n) is 14.2. The largest absolute Gasteiger partial charge is 0.396 e. The summed E-state index contributed by atoms with van der Waals surface area (Å²) < 4.78 is 5.43. The van der Waals surface area contributed by atoms with Crippen LogP contribution < -0.4 is 5.32 Å². The number of hydrogen-bond donors (Lipinski definition) is 2. The Morgan fingerprint density at radius 3 is 2.77 bits per heavy atom. The number of aliphatic imine (C=N–C) groups is 1. The van der Waals surface area contributed by atoms with E-state index in [4.69, 9.17) is 4.74 Å². The third-order valence-electron chi connectivity index (χ3n) is 4.86. The lowest BCUT2D eigenvalue weighted by molar-refractivity contribution is -0.0134. The maximum atomic E-state index is 9.80. The fourth-order valence-corrected chi connectivity index (χ4v) is 4.36. The molecule has 0 radical (unpaired) electrons. The van der Waals surface area contributed by atoms with Gasteiger partial charge in [0.1, 0.15) is 0 Å². The van der Waals surface area contributed by atoms with Gasteiger partial charge in [0.25, 0.3) is 0 Å². The third kappa shape index (κ3) is 4.52. The number of nitrogens with one attached hydrogen (secondary N) is 1. The molecule has 0 amide bonds. The van der Waals surface area contributed by atoms with Crippen LogP contribution in [0.4, 0.5) is 0 Å². The van der Waals surface area contributed by atoms with E-state index in [1.807, 2.05) is 7.05 Å². The lowest BCUT2D eigenvalue weighted by Crippen LogP contribution is -2.52. The molecule has 0 saturated carbocycles. The molecule has 128 valence electrons. The van der Waals surface area contributed by atoms with Crippen molar-refractivity contribution in [2.45, 2.75) is 31.9 Å². The lowest BCUT2D eigenvalue weighted by Gasteiger charge is -2.39. The monoisotopic (exact) mass is 329 g/mol. The van der Waals surface area contributed by atoms with Gasteiger partial charge in [-0.25, -0.2) is 0 Å². The Balaban J connectivity index is 1.91. The first-order valence-corrected chi connectivity index (χ1v) is 9.41. The van der Waals surface area contributed by atoms with Crippen molar-refractivity contribution < 1.29 is 9.84 Å². The molecule has 2 aliphatic rings. The molecule has 22 heavy (non-hydrogen) atoms. The SMILES string of the molecule is CN=C(NCC1(CO)CCOCC1)N1CCSC(C(C)C)C1. The van der Waals surface area contributed by atoms with Gasteiger partial charge < -0.3 is 20.1 Å². The molecule has 5 nitrogen and oxygen atoms in total. The summed E-state index contributed by atoms with van der Waals surface area (Å²) in [5.74, 6) is 2.82. The molecule has 2 N–H and O–H groups in total. The molecule has 2 rings (SSSR count). The maximum absolute atomic E-state index is 9.80. The number of aliphatic hydroxyl groups is 1. The van der Waals surface area contributed by atoms with Crippen molar-refractivity contribution in [1.82, 2.24) is 10.2 Å². The first kappa shape index (κ1) is 17.9. The molecule has 2 fully saturated rings. The molecular formula is C16H31N3O2S. The Morgan fingerprint density at radius 2 is 2.18 bits per heavy atom. The predicted octanol–water partition coefficient (Wildman–Crippen LogP) is 1.42. The van der Waals surface area contributed by atoms with E-state index in [1.165, 1.54) is 0 Å². The first-order valence-electron chi connectivity index (χ1n) is 8.36. The summed E-state index contributed by atoms with van der Waals surface area (Å²) >= 11 is 2.07. The van der Waals surface area contributed by atoms with Gasteiger partial charge in [0.2, 0.25) is 0 Å². The van der Waals surface area contributed by atoms with Gasteiger partial charge in [-0.2, -0.15) is 11.8 Å². The summed E-state index contributed by atoms with van der Waals surface area (Å²) in [6.45, 7) is 9.16. The summed E-state index contributed by atoms with van der Waals surface area (Å²) in [7, 11) is 1.85. The third-order valence-corrected chi connectivity index (χ3v) is 6.40. The highest BCUT2D eigenvalue weighted by Crippen LogP contribution is 2.29. The number of rotatable bonds is 4. The molecule has 1 unspecified atom stereocenters. The predicted molar refractivity (Wildman–Crippen MR) is 93.6 cm³/mol. The number of guanidine groups is 1. The van der Waals surface area contributed by atoms with Gasteiger partial charge in [-0.05, 0) is 18.8 Å². The molecule has 0 aromatic heterocycles. The summed E-state index contributed by atoms with van der Waals surface area (Å²) in [6, 6.07) is 0. The Kier molecular flexibility index (Phi) is 6.84. The average molecular weight is 330 g/mol. The van der Waals surface area contributed by atoms with Gasteiger partial charge in [0.15, 0.2) is 5.96 Å². The summed E-state index contributed by atoms with van der Waals surface area (Å²) in [4.78, 5) is 6.83. The highest BCUT2D eigenvalue weighted by Gasteiger charge is 2.33. The lowest BCUT2D eigenvalue weighted by atomic mass is 9.81. The summed E-state index contributed by atoms with van der Waals surface area (Å²) in [5.41, 5.74) is -0.0593. The Hall–Kier alpha value is -0.460. The van der Waals surface area contributed by atoms with Crippen molar-refractivity contribution in [3.8, 4) is 0 Å². The van der Waals surface area contributed by atoms with Crippen molar-refractivity contribution in [3.05, 3.63) is 0 Å². The van der Waals surface area contributed by atoms with E-state index >= 15 is 0 Å². The molecule has 2 heterocycles. The Bertz CT molecular complexity index is 370. The Morgan fingerprint density at radius 1 is 1.45 bits per heavy atom. The van der Waals surface area contributed by atoms with Crippen LogP contribution in [0.3, 0.4) is 0 Å². The van der Waals surface area contributed by atoms with Gasteiger partial charge in [0, 0.05) is 56.3 Å². The molecule has 0 aromatic carbocycles. The van der Waals surface area contributed by atoms with E-state index in [2.05, 4.69) is 40.8 Å². The fraction of sp³-hybridized carbons (Fsp3) is 0.938. The van der Waals surface area contributed by atoms with Crippen LogP contribution in [-0.2, 0) is 4.74 Å². The minimum atomic E-state index is -0.0593. The fourth-order valence-electron chi connectivity index (χ4n) is 3.07. The number of hydrogen-bond acceptors (Lipinski definition) is 4. The van der Waals surface area contributed by atoms with Crippen LogP contribution in [0.15, 0.2) is 4.99 Å². The molecular weight excluding hydrogens is 298 g/mol. The highest BCUT2D eigenvalue weighted by molar-refractivity contribution is 8.00. The van der Waals surface area contributed by atoms with Gasteiger partial charge in [-0.3, -0.25) is 4.99 Å². The number of ether oxygens (including phenoxy) is 1. The van der Waals surface area contributed by atoms with Gasteiger partial charge >= 0.3 is 0 Å². The van der Waals surface area contributed by atoms with E-state index in [9.17, 15) is 5.11 Å². The Labute approximate surface area is 138 Å². The van der Waals surface area contributed by atoms with Gasteiger partial charge in [-0.1, -0.05) is 13.8 Å². The van der Waals surface area contributed by atoms with E-state index in [-0.39, 0.29) is 12.0 Å². The van der Waals surface area contributed by atoms with Crippen molar-refractivity contribution in [3.63, 3.8) is 0 Å². The van der Waals surface area contributed by atoms with Crippen LogP contribution in [0.1, 0.15) is 26.7 Å². The smallest absolute Gasteiger partial charge is 0.193 e. The highest BCUT2D eigenvalue weighted by atomic mass is 32.2. The molecule has 0 spiro atoms. The number of thioether (sulfide) groups is 1. The normalized spacial score (nSPS) is 26.3. The van der Waals surface area contributed by atoms with Gasteiger partial charge in [0.05, 0.1) is 6.61 Å². The van der Waals surface area contributed by atoms with E-state index < -0.39 is 0 Å². The standard InChI is InChI=1S/C16H31N3O2S/c1-13(2)14-10-19(6-9-22-14)15(17-3)18-11-16(12-20)4-7-21-8-5-16/h13-14,20H,4-12H2,1-3H3,(H,17,18). The van der Waals surface area contributed by atoms with Crippen LogP contribution in [0.5, 0.6) is 0 Å². The zero-order chi connectivity index (χ0) is 16.0. The van der Waals surface area contributed by atoms with Crippen molar-refractivity contribution in [2.75, 3.05) is 52.3 Å². The van der Waals surface area contributed by atoms with Gasteiger partial charge in [-0.15, -0.1) is 0 Å². The maximum Gasteiger partial charge on any atom is 0.193 e. The molecule has 1 atom stereocenters.